The highest BCUT2D eigenvalue weighted by atomic mass is 15.0. The number of rotatable bonds is 2. The molecular formula is C19H15N3. The summed E-state index contributed by atoms with van der Waals surface area (Å²) in [5.74, 6) is 0. The molecule has 3 heteroatoms. The lowest BCUT2D eigenvalue weighted by atomic mass is 10.0. The van der Waals surface area contributed by atoms with Crippen molar-refractivity contribution in [2.24, 2.45) is 0 Å². The fraction of sp³-hybridized carbons (Fsp3) is 0. The Morgan fingerprint density at radius 2 is 1.36 bits per heavy atom. The van der Waals surface area contributed by atoms with E-state index in [-0.39, 0.29) is 0 Å². The highest BCUT2D eigenvalue weighted by Gasteiger charge is 2.04. The standard InChI is InChI=1S/C19H15N3/c20-17-10-8-15(9-11-17)14-4-6-16(7-5-14)18-13-22-12-2-1-3-19(22)21-18/h1-13H,20H2. The predicted octanol–water partition coefficient (Wildman–Crippen LogP) is 4.25. The Hall–Kier alpha value is -3.07. The van der Waals surface area contributed by atoms with Crippen LogP contribution in [0.25, 0.3) is 28.0 Å². The second-order valence-corrected chi connectivity index (χ2v) is 5.29. The minimum atomic E-state index is 0.782. The van der Waals surface area contributed by atoms with Crippen LogP contribution in [0, 0.1) is 0 Å². The number of hydrogen-bond donors (Lipinski definition) is 1. The Balaban J connectivity index is 1.70. The van der Waals surface area contributed by atoms with Gasteiger partial charge in [0.2, 0.25) is 0 Å². The molecule has 106 valence electrons. The number of anilines is 1. The van der Waals surface area contributed by atoms with Crippen molar-refractivity contribution in [1.82, 2.24) is 9.38 Å². The molecule has 22 heavy (non-hydrogen) atoms. The first-order chi connectivity index (χ1) is 10.8. The van der Waals surface area contributed by atoms with Crippen molar-refractivity contribution in [1.29, 1.82) is 0 Å². The molecule has 0 saturated heterocycles. The first-order valence-corrected chi connectivity index (χ1v) is 7.20. The first-order valence-electron chi connectivity index (χ1n) is 7.20. The second kappa shape index (κ2) is 5.04. The monoisotopic (exact) mass is 285 g/mol. The summed E-state index contributed by atoms with van der Waals surface area (Å²) in [6.45, 7) is 0. The van der Waals surface area contributed by atoms with Gasteiger partial charge in [-0.05, 0) is 35.4 Å². The lowest BCUT2D eigenvalue weighted by molar-refractivity contribution is 1.19. The summed E-state index contributed by atoms with van der Waals surface area (Å²) in [7, 11) is 0. The van der Waals surface area contributed by atoms with Crippen molar-refractivity contribution < 1.29 is 0 Å². The van der Waals surface area contributed by atoms with Gasteiger partial charge in [0.15, 0.2) is 0 Å². The van der Waals surface area contributed by atoms with Crippen LogP contribution < -0.4 is 5.73 Å². The molecular weight excluding hydrogens is 270 g/mol. The van der Waals surface area contributed by atoms with E-state index in [0.717, 1.165) is 28.2 Å². The molecule has 0 unspecified atom stereocenters. The van der Waals surface area contributed by atoms with Crippen LogP contribution in [0.3, 0.4) is 0 Å². The van der Waals surface area contributed by atoms with Crippen molar-refractivity contribution in [3.8, 4) is 22.4 Å². The third-order valence-corrected chi connectivity index (χ3v) is 3.79. The van der Waals surface area contributed by atoms with Crippen molar-refractivity contribution in [3.63, 3.8) is 0 Å². The number of benzene rings is 2. The molecule has 2 N–H and O–H groups in total. The maximum absolute atomic E-state index is 5.73. The molecule has 2 aromatic carbocycles. The van der Waals surface area contributed by atoms with Gasteiger partial charge in [-0.1, -0.05) is 42.5 Å². The van der Waals surface area contributed by atoms with E-state index in [1.807, 2.05) is 59.3 Å². The zero-order valence-corrected chi connectivity index (χ0v) is 12.0. The summed E-state index contributed by atoms with van der Waals surface area (Å²) in [6.07, 6.45) is 4.06. The molecule has 0 atom stereocenters. The van der Waals surface area contributed by atoms with E-state index in [0.29, 0.717) is 0 Å². The lowest BCUT2D eigenvalue weighted by Crippen LogP contribution is -1.84. The van der Waals surface area contributed by atoms with Crippen molar-refractivity contribution >= 4 is 11.3 Å². The highest BCUT2D eigenvalue weighted by Crippen LogP contribution is 2.25. The van der Waals surface area contributed by atoms with Gasteiger partial charge in [-0.2, -0.15) is 0 Å². The number of nitrogen functional groups attached to an aromatic ring is 1. The van der Waals surface area contributed by atoms with Crippen LogP contribution in [0.5, 0.6) is 0 Å². The van der Waals surface area contributed by atoms with Gasteiger partial charge in [0.05, 0.1) is 5.69 Å². The van der Waals surface area contributed by atoms with Crippen LogP contribution in [0.2, 0.25) is 0 Å². The molecule has 0 bridgehead atoms. The van der Waals surface area contributed by atoms with Crippen LogP contribution in [-0.4, -0.2) is 9.38 Å². The van der Waals surface area contributed by atoms with Gasteiger partial charge < -0.3 is 10.1 Å². The average molecular weight is 285 g/mol. The molecule has 0 radical (unpaired) electrons. The van der Waals surface area contributed by atoms with E-state index in [9.17, 15) is 0 Å². The van der Waals surface area contributed by atoms with Crippen molar-refractivity contribution in [3.05, 3.63) is 79.1 Å². The number of hydrogen-bond acceptors (Lipinski definition) is 2. The fourth-order valence-corrected chi connectivity index (χ4v) is 2.58. The van der Waals surface area contributed by atoms with E-state index < -0.39 is 0 Å². The molecule has 0 amide bonds. The van der Waals surface area contributed by atoms with Gasteiger partial charge in [-0.3, -0.25) is 0 Å². The van der Waals surface area contributed by atoms with Crippen LogP contribution in [0.1, 0.15) is 0 Å². The normalized spacial score (nSPS) is 10.9. The van der Waals surface area contributed by atoms with E-state index in [1.54, 1.807) is 0 Å². The molecule has 2 aromatic heterocycles. The predicted molar refractivity (Wildman–Crippen MR) is 90.5 cm³/mol. The van der Waals surface area contributed by atoms with Crippen molar-refractivity contribution in [2.75, 3.05) is 5.73 Å². The Bertz CT molecular complexity index is 886. The summed E-state index contributed by atoms with van der Waals surface area (Å²) in [5, 5.41) is 0. The molecule has 0 aliphatic rings. The number of aromatic nitrogens is 2. The van der Waals surface area contributed by atoms with E-state index in [1.165, 1.54) is 5.56 Å². The zero-order valence-electron chi connectivity index (χ0n) is 12.0. The molecule has 0 fully saturated rings. The smallest absolute Gasteiger partial charge is 0.137 e. The lowest BCUT2D eigenvalue weighted by Gasteiger charge is -2.03. The van der Waals surface area contributed by atoms with Crippen LogP contribution in [-0.2, 0) is 0 Å². The van der Waals surface area contributed by atoms with Crippen LogP contribution in [0.15, 0.2) is 79.1 Å². The molecule has 2 heterocycles. The molecule has 0 spiro atoms. The maximum atomic E-state index is 5.73. The molecule has 4 aromatic rings. The summed E-state index contributed by atoms with van der Waals surface area (Å²) in [5.41, 5.74) is 11.9. The second-order valence-electron chi connectivity index (χ2n) is 5.29. The number of nitrogens with two attached hydrogens (primary N) is 1. The van der Waals surface area contributed by atoms with Gasteiger partial charge in [-0.15, -0.1) is 0 Å². The van der Waals surface area contributed by atoms with Gasteiger partial charge >= 0.3 is 0 Å². The zero-order chi connectivity index (χ0) is 14.9. The SMILES string of the molecule is Nc1ccc(-c2ccc(-c3cn4ccccc4n3)cc2)cc1. The number of pyridine rings is 1. The topological polar surface area (TPSA) is 43.3 Å². The summed E-state index contributed by atoms with van der Waals surface area (Å²) in [6, 6.07) is 22.4. The van der Waals surface area contributed by atoms with Gasteiger partial charge in [0.25, 0.3) is 0 Å². The molecule has 3 nitrogen and oxygen atoms in total. The quantitative estimate of drug-likeness (QED) is 0.559. The molecule has 0 saturated carbocycles. The maximum Gasteiger partial charge on any atom is 0.137 e. The van der Waals surface area contributed by atoms with Gasteiger partial charge in [0.1, 0.15) is 5.65 Å². The average Bonchev–Trinajstić information content (AvgIpc) is 3.00. The van der Waals surface area contributed by atoms with Crippen LogP contribution >= 0.6 is 0 Å². The Labute approximate surface area is 128 Å². The van der Waals surface area contributed by atoms with Crippen molar-refractivity contribution in [2.45, 2.75) is 0 Å². The third-order valence-electron chi connectivity index (χ3n) is 3.79. The number of fused-ring (bicyclic) bond motifs is 1. The number of nitrogens with zero attached hydrogens (tertiary/aromatic N) is 2. The molecule has 0 aliphatic carbocycles. The molecule has 4 rings (SSSR count). The van der Waals surface area contributed by atoms with E-state index >= 15 is 0 Å². The van der Waals surface area contributed by atoms with E-state index in [4.69, 9.17) is 5.73 Å². The third kappa shape index (κ3) is 2.23. The Morgan fingerprint density at radius 3 is 2.05 bits per heavy atom. The highest BCUT2D eigenvalue weighted by molar-refractivity contribution is 5.70. The Kier molecular flexibility index (Phi) is 2.90. The largest absolute Gasteiger partial charge is 0.399 e. The molecule has 0 aliphatic heterocycles. The van der Waals surface area contributed by atoms with Crippen LogP contribution in [0.4, 0.5) is 5.69 Å². The first kappa shape index (κ1) is 12.7. The van der Waals surface area contributed by atoms with E-state index in [2.05, 4.69) is 29.2 Å². The van der Waals surface area contributed by atoms with Gasteiger partial charge in [-0.25, -0.2) is 4.98 Å². The Morgan fingerprint density at radius 1 is 0.727 bits per heavy atom. The fourth-order valence-electron chi connectivity index (χ4n) is 2.58. The minimum Gasteiger partial charge on any atom is -0.399 e. The summed E-state index contributed by atoms with van der Waals surface area (Å²) < 4.78 is 2.03. The van der Waals surface area contributed by atoms with Gasteiger partial charge in [0, 0.05) is 23.6 Å². The summed E-state index contributed by atoms with van der Waals surface area (Å²) in [4.78, 5) is 4.64. The summed E-state index contributed by atoms with van der Waals surface area (Å²) >= 11 is 0. The minimum absolute atomic E-state index is 0.782. The number of imidazole rings is 1.